The molecule has 0 atom stereocenters. The van der Waals surface area contributed by atoms with Gasteiger partial charge < -0.3 is 8.85 Å². The van der Waals surface area contributed by atoms with Crippen LogP contribution in [0.25, 0.3) is 65.3 Å². The summed E-state index contributed by atoms with van der Waals surface area (Å²) in [6.07, 6.45) is 0. The minimum Gasteiger partial charge on any atom is -0.480 e. The summed E-state index contributed by atoms with van der Waals surface area (Å²) < 4.78 is 21.1. The molecule has 0 amide bonds. The zero-order chi connectivity index (χ0) is 39.2. The van der Waals surface area contributed by atoms with Crippen molar-refractivity contribution >= 4 is 74.7 Å². The molecule has 2 aliphatic rings. The third kappa shape index (κ3) is 5.01. The summed E-state index contributed by atoms with van der Waals surface area (Å²) >= 11 is 0. The maximum absolute atomic E-state index is 8.11. The lowest BCUT2D eigenvalue weighted by Gasteiger charge is -2.45. The molecule has 10 aromatic carbocycles. The van der Waals surface area contributed by atoms with Crippen molar-refractivity contribution < 1.29 is 8.85 Å². The Labute approximate surface area is 344 Å². The molecule has 10 aromatic rings. The third-order valence-electron chi connectivity index (χ3n) is 12.2. The van der Waals surface area contributed by atoms with Gasteiger partial charge in [0.05, 0.1) is 0 Å². The van der Waals surface area contributed by atoms with E-state index in [9.17, 15) is 0 Å². The van der Waals surface area contributed by atoms with Gasteiger partial charge in [0.2, 0.25) is 0 Å². The van der Waals surface area contributed by atoms with E-state index in [-0.39, 0.29) is 0 Å². The van der Waals surface area contributed by atoms with Gasteiger partial charge in [-0.05, 0) is 105 Å². The Morgan fingerprint density at radius 3 is 1.02 bits per heavy atom. The predicted octanol–water partition coefficient (Wildman–Crippen LogP) is 14.4. The summed E-state index contributed by atoms with van der Waals surface area (Å²) in [6, 6.07) is 70.3. The molecule has 0 saturated heterocycles. The van der Waals surface area contributed by atoms with Crippen molar-refractivity contribution in [3.05, 3.63) is 205 Å². The minimum atomic E-state index is -4.13. The second kappa shape index (κ2) is 12.8. The second-order valence-corrected chi connectivity index (χ2v) is 18.2. The standard InChI is InChI=1S/C54H38N2O2Si/c1-35-19-27-41(28-20-35)55-47-31-23-37-11-3-7-15-43(37)51(47)53-45-17-9-5-13-39(45)25-33-49(53)57-59(55)56(42-29-21-36(2)22-30-42)48-32-24-38-12-4-8-16-44(38)52(48)54-46-18-10-6-14-40(46)26-34-50(54)58-59/h3-34H,1-2H3. The molecule has 0 N–H and O–H groups in total. The van der Waals surface area contributed by atoms with Gasteiger partial charge in [-0.1, -0.05) is 157 Å². The van der Waals surface area contributed by atoms with Crippen LogP contribution < -0.4 is 18.0 Å². The van der Waals surface area contributed by atoms with Crippen molar-refractivity contribution in [1.82, 2.24) is 0 Å². The summed E-state index contributed by atoms with van der Waals surface area (Å²) in [5.74, 6) is 1.57. The van der Waals surface area contributed by atoms with Crippen LogP contribution in [0.4, 0.5) is 22.7 Å². The molecule has 280 valence electrons. The summed E-state index contributed by atoms with van der Waals surface area (Å²) in [6.45, 7) is 4.28. The summed E-state index contributed by atoms with van der Waals surface area (Å²) in [5.41, 5.74) is 10.7. The number of anilines is 4. The first kappa shape index (κ1) is 33.8. The first-order valence-corrected chi connectivity index (χ1v) is 22.0. The molecule has 0 unspecified atom stereocenters. The smallest absolute Gasteiger partial charge is 0.480 e. The van der Waals surface area contributed by atoms with E-state index in [0.29, 0.717) is 0 Å². The third-order valence-corrected chi connectivity index (χ3v) is 15.3. The van der Waals surface area contributed by atoms with E-state index in [1.54, 1.807) is 0 Å². The van der Waals surface area contributed by atoms with Crippen molar-refractivity contribution in [2.24, 2.45) is 0 Å². The number of hydrogen-bond donors (Lipinski definition) is 0. The van der Waals surface area contributed by atoms with Gasteiger partial charge in [-0.15, -0.1) is 0 Å². The molecule has 0 aliphatic carbocycles. The highest BCUT2D eigenvalue weighted by atomic mass is 28.4. The molecule has 5 heteroatoms. The molecule has 1 spiro atoms. The van der Waals surface area contributed by atoms with Gasteiger partial charge in [-0.25, -0.2) is 0 Å². The van der Waals surface area contributed by atoms with E-state index in [1.807, 2.05) is 0 Å². The van der Waals surface area contributed by atoms with Crippen molar-refractivity contribution in [3.63, 3.8) is 0 Å². The Morgan fingerprint density at radius 2 is 0.644 bits per heavy atom. The Hall–Kier alpha value is -7.34. The summed E-state index contributed by atoms with van der Waals surface area (Å²) in [4.78, 5) is 0. The van der Waals surface area contributed by atoms with E-state index < -0.39 is 8.88 Å². The Kier molecular flexibility index (Phi) is 7.34. The van der Waals surface area contributed by atoms with Crippen molar-refractivity contribution in [2.45, 2.75) is 13.8 Å². The van der Waals surface area contributed by atoms with E-state index in [4.69, 9.17) is 8.85 Å². The van der Waals surface area contributed by atoms with Gasteiger partial charge in [0.15, 0.2) is 0 Å². The quantitative estimate of drug-likeness (QED) is 0.163. The van der Waals surface area contributed by atoms with Crippen LogP contribution in [-0.2, 0) is 0 Å². The molecular formula is C54H38N2O2Si. The lowest BCUT2D eigenvalue weighted by molar-refractivity contribution is 0.385. The van der Waals surface area contributed by atoms with E-state index in [0.717, 1.165) is 99.6 Å². The zero-order valence-electron chi connectivity index (χ0n) is 32.7. The summed E-state index contributed by atoms with van der Waals surface area (Å²) in [7, 11) is -4.13. The maximum Gasteiger partial charge on any atom is 0.733 e. The number of rotatable bonds is 2. The second-order valence-electron chi connectivity index (χ2n) is 15.8. The van der Waals surface area contributed by atoms with Gasteiger partial charge in [-0.2, -0.15) is 0 Å². The molecule has 0 bridgehead atoms. The maximum atomic E-state index is 8.11. The Morgan fingerprint density at radius 1 is 0.322 bits per heavy atom. The number of benzene rings is 10. The molecule has 59 heavy (non-hydrogen) atoms. The van der Waals surface area contributed by atoms with Gasteiger partial charge in [-0.3, -0.25) is 9.13 Å². The number of hydrogen-bond acceptors (Lipinski definition) is 4. The molecule has 0 fully saturated rings. The SMILES string of the molecule is Cc1ccc(N2c3ccc4ccccc4c3-c3c(ccc4ccccc34)O[Si]23Oc2ccc4ccccc4c2-c2c(ccc4ccccc24)N3c2ccc(C)cc2)cc1. The fourth-order valence-electron chi connectivity index (χ4n) is 9.49. The van der Waals surface area contributed by atoms with Gasteiger partial charge in [0.1, 0.15) is 11.5 Å². The highest BCUT2D eigenvalue weighted by molar-refractivity contribution is 6.80. The van der Waals surface area contributed by atoms with Gasteiger partial charge >= 0.3 is 8.88 Å². The molecule has 0 saturated carbocycles. The van der Waals surface area contributed by atoms with E-state index in [2.05, 4.69) is 217 Å². The monoisotopic (exact) mass is 774 g/mol. The first-order chi connectivity index (χ1) is 29.1. The highest BCUT2D eigenvalue weighted by Gasteiger charge is 2.64. The van der Waals surface area contributed by atoms with Crippen LogP contribution in [0.3, 0.4) is 0 Å². The van der Waals surface area contributed by atoms with Crippen molar-refractivity contribution in [1.29, 1.82) is 0 Å². The van der Waals surface area contributed by atoms with Crippen LogP contribution in [-0.4, -0.2) is 8.88 Å². The first-order valence-electron chi connectivity index (χ1n) is 20.3. The lowest BCUT2D eigenvalue weighted by atomic mass is 9.91. The molecule has 0 radical (unpaired) electrons. The normalized spacial score (nSPS) is 13.9. The van der Waals surface area contributed by atoms with Crippen LogP contribution in [0.2, 0.25) is 0 Å². The number of nitrogens with zero attached hydrogens (tertiary/aromatic N) is 2. The molecule has 4 nitrogen and oxygen atoms in total. The molecule has 2 heterocycles. The van der Waals surface area contributed by atoms with Crippen LogP contribution in [0.15, 0.2) is 194 Å². The lowest BCUT2D eigenvalue weighted by Crippen LogP contribution is -2.72. The van der Waals surface area contributed by atoms with Crippen LogP contribution >= 0.6 is 0 Å². The molecule has 0 aromatic heterocycles. The van der Waals surface area contributed by atoms with Gasteiger partial charge in [0, 0.05) is 45.0 Å². The summed E-state index contributed by atoms with van der Waals surface area (Å²) in [5, 5.41) is 9.20. The van der Waals surface area contributed by atoms with Crippen LogP contribution in [0, 0.1) is 13.8 Å². The molecule has 2 aliphatic heterocycles. The van der Waals surface area contributed by atoms with Crippen molar-refractivity contribution in [2.75, 3.05) is 9.13 Å². The zero-order valence-corrected chi connectivity index (χ0v) is 33.7. The fraction of sp³-hybridized carbons (Fsp3) is 0.0370. The largest absolute Gasteiger partial charge is 0.733 e. The predicted molar refractivity (Wildman–Crippen MR) is 247 cm³/mol. The fourth-order valence-corrected chi connectivity index (χ4v) is 12.9. The topological polar surface area (TPSA) is 24.9 Å². The van der Waals surface area contributed by atoms with Gasteiger partial charge in [0.25, 0.3) is 0 Å². The number of aryl methyl sites for hydroxylation is 2. The van der Waals surface area contributed by atoms with Crippen molar-refractivity contribution in [3.8, 4) is 33.8 Å². The Bertz CT molecular complexity index is 3100. The van der Waals surface area contributed by atoms with Crippen LogP contribution in [0.1, 0.15) is 11.1 Å². The Balaban J connectivity index is 1.31. The number of fused-ring (bicyclic) bond motifs is 14. The molecular weight excluding hydrogens is 737 g/mol. The molecule has 12 rings (SSSR count). The highest BCUT2D eigenvalue weighted by Crippen LogP contribution is 2.57. The average Bonchev–Trinajstić information content (AvgIpc) is 3.49. The van der Waals surface area contributed by atoms with E-state index in [1.165, 1.54) is 11.1 Å². The van der Waals surface area contributed by atoms with Crippen LogP contribution in [0.5, 0.6) is 11.5 Å². The average molecular weight is 775 g/mol. The van der Waals surface area contributed by atoms with E-state index >= 15 is 0 Å². The minimum absolute atomic E-state index is 0.784.